The number of nitrogens with one attached hydrogen (secondary N) is 1. The summed E-state index contributed by atoms with van der Waals surface area (Å²) in [4.78, 5) is 36.0. The average molecular weight is 276 g/mol. The van der Waals surface area contributed by atoms with Gasteiger partial charge in [0.05, 0.1) is 13.0 Å². The van der Waals surface area contributed by atoms with Crippen LogP contribution < -0.4 is 10.2 Å². The van der Waals surface area contributed by atoms with Crippen LogP contribution in [0.4, 0.5) is 11.4 Å². The Morgan fingerprint density at radius 3 is 2.80 bits per heavy atom. The predicted octanol–water partition coefficient (Wildman–Crippen LogP) is 1.17. The van der Waals surface area contributed by atoms with Gasteiger partial charge in [-0.3, -0.25) is 14.4 Å². The Bertz CT molecular complexity index is 556. The van der Waals surface area contributed by atoms with Crippen molar-refractivity contribution in [2.75, 3.05) is 23.9 Å². The Kier molecular flexibility index (Phi) is 4.02. The molecule has 0 aromatic heterocycles. The molecule has 1 N–H and O–H groups in total. The third-order valence-electron chi connectivity index (χ3n) is 3.14. The maximum absolute atomic E-state index is 12.0. The number of ether oxygens (including phenoxy) is 1. The minimum atomic E-state index is -0.433. The van der Waals surface area contributed by atoms with E-state index < -0.39 is 5.92 Å². The molecule has 0 bridgehead atoms. The van der Waals surface area contributed by atoms with Gasteiger partial charge in [0.15, 0.2) is 0 Å². The van der Waals surface area contributed by atoms with Gasteiger partial charge in [-0.15, -0.1) is 0 Å². The number of rotatable bonds is 3. The first-order valence-electron chi connectivity index (χ1n) is 6.27. The van der Waals surface area contributed by atoms with Gasteiger partial charge in [-0.25, -0.2) is 0 Å². The van der Waals surface area contributed by atoms with Crippen molar-refractivity contribution < 1.29 is 19.1 Å². The molecule has 1 saturated heterocycles. The van der Waals surface area contributed by atoms with Gasteiger partial charge in [0.1, 0.15) is 0 Å². The lowest BCUT2D eigenvalue weighted by molar-refractivity contribution is -0.145. The summed E-state index contributed by atoms with van der Waals surface area (Å²) in [6.45, 7) is 1.72. The minimum absolute atomic E-state index is 0.125. The van der Waals surface area contributed by atoms with Crippen molar-refractivity contribution in [3.05, 3.63) is 24.3 Å². The van der Waals surface area contributed by atoms with E-state index in [1.807, 2.05) is 0 Å². The first kappa shape index (κ1) is 14.0. The molecular weight excluding hydrogens is 260 g/mol. The summed E-state index contributed by atoms with van der Waals surface area (Å²) < 4.78 is 4.67. The lowest BCUT2D eigenvalue weighted by Gasteiger charge is -2.17. The number of anilines is 2. The van der Waals surface area contributed by atoms with Crippen LogP contribution in [0.1, 0.15) is 13.3 Å². The molecule has 0 radical (unpaired) electrons. The number of carbonyl (C=O) groups excluding carboxylic acids is 3. The second kappa shape index (κ2) is 5.73. The second-order valence-corrected chi connectivity index (χ2v) is 4.66. The van der Waals surface area contributed by atoms with Gasteiger partial charge >= 0.3 is 5.97 Å². The molecule has 1 atom stereocenters. The zero-order chi connectivity index (χ0) is 14.7. The Balaban J connectivity index is 2.17. The zero-order valence-corrected chi connectivity index (χ0v) is 11.4. The summed E-state index contributed by atoms with van der Waals surface area (Å²) in [7, 11) is 1.31. The van der Waals surface area contributed by atoms with E-state index in [-0.39, 0.29) is 24.2 Å². The largest absolute Gasteiger partial charge is 0.469 e. The van der Waals surface area contributed by atoms with E-state index in [9.17, 15) is 14.4 Å². The number of carbonyl (C=O) groups is 3. The molecule has 6 nitrogen and oxygen atoms in total. The van der Waals surface area contributed by atoms with E-state index >= 15 is 0 Å². The lowest BCUT2D eigenvalue weighted by atomic mass is 10.1. The maximum Gasteiger partial charge on any atom is 0.311 e. The normalized spacial score (nSPS) is 18.0. The van der Waals surface area contributed by atoms with Gasteiger partial charge in [-0.05, 0) is 18.2 Å². The summed E-state index contributed by atoms with van der Waals surface area (Å²) in [5.74, 6) is -1.11. The Morgan fingerprint density at radius 2 is 2.15 bits per heavy atom. The molecule has 1 aliphatic heterocycles. The number of methoxy groups -OCH3 is 1. The number of nitrogens with zero attached hydrogens (tertiary/aromatic N) is 1. The van der Waals surface area contributed by atoms with Gasteiger partial charge in [0, 0.05) is 31.3 Å². The van der Waals surface area contributed by atoms with E-state index in [1.54, 1.807) is 24.3 Å². The highest BCUT2D eigenvalue weighted by atomic mass is 16.5. The van der Waals surface area contributed by atoms with Gasteiger partial charge in [0.2, 0.25) is 11.8 Å². The van der Waals surface area contributed by atoms with E-state index in [2.05, 4.69) is 10.1 Å². The molecule has 0 saturated carbocycles. The van der Waals surface area contributed by atoms with Crippen LogP contribution >= 0.6 is 0 Å². The summed E-state index contributed by atoms with van der Waals surface area (Å²) in [6, 6.07) is 6.96. The molecular formula is C14H16N2O4. The van der Waals surface area contributed by atoms with Crippen molar-refractivity contribution in [1.82, 2.24) is 0 Å². The summed E-state index contributed by atoms with van der Waals surface area (Å²) in [6.07, 6.45) is 0.150. The summed E-state index contributed by atoms with van der Waals surface area (Å²) in [5.41, 5.74) is 1.27. The molecule has 0 spiro atoms. The van der Waals surface area contributed by atoms with E-state index in [0.717, 1.165) is 0 Å². The van der Waals surface area contributed by atoms with Crippen LogP contribution in [0.2, 0.25) is 0 Å². The van der Waals surface area contributed by atoms with Crippen LogP contribution in [-0.2, 0) is 19.1 Å². The standard InChI is InChI=1S/C14H16N2O4/c1-9(17)15-11-4-3-5-12(7-11)16-8-10(6-13(16)18)14(19)20-2/h3-5,7,10H,6,8H2,1-2H3,(H,15,17). The smallest absolute Gasteiger partial charge is 0.311 e. The lowest BCUT2D eigenvalue weighted by Crippen LogP contribution is -2.26. The predicted molar refractivity (Wildman–Crippen MR) is 73.2 cm³/mol. The van der Waals surface area contributed by atoms with Crippen molar-refractivity contribution >= 4 is 29.2 Å². The van der Waals surface area contributed by atoms with Gasteiger partial charge in [0.25, 0.3) is 0 Å². The molecule has 0 aliphatic carbocycles. The first-order chi connectivity index (χ1) is 9.51. The highest BCUT2D eigenvalue weighted by Gasteiger charge is 2.35. The van der Waals surface area contributed by atoms with Crippen molar-refractivity contribution in [2.24, 2.45) is 5.92 Å². The van der Waals surface area contributed by atoms with Crippen LogP contribution in [0.15, 0.2) is 24.3 Å². The number of amides is 2. The fourth-order valence-electron chi connectivity index (χ4n) is 2.24. The number of benzene rings is 1. The fourth-order valence-corrected chi connectivity index (χ4v) is 2.24. The first-order valence-corrected chi connectivity index (χ1v) is 6.27. The fraction of sp³-hybridized carbons (Fsp3) is 0.357. The molecule has 1 fully saturated rings. The van der Waals surface area contributed by atoms with Crippen LogP contribution in [0.5, 0.6) is 0 Å². The molecule has 106 valence electrons. The summed E-state index contributed by atoms with van der Waals surface area (Å²) >= 11 is 0. The van der Waals surface area contributed by atoms with Gasteiger partial charge in [-0.1, -0.05) is 6.07 Å². The Morgan fingerprint density at radius 1 is 1.40 bits per heavy atom. The van der Waals surface area contributed by atoms with Gasteiger partial charge in [-0.2, -0.15) is 0 Å². The van der Waals surface area contributed by atoms with Crippen molar-refractivity contribution in [2.45, 2.75) is 13.3 Å². The zero-order valence-electron chi connectivity index (χ0n) is 11.4. The van der Waals surface area contributed by atoms with E-state index in [4.69, 9.17) is 0 Å². The highest BCUT2D eigenvalue weighted by molar-refractivity contribution is 6.00. The number of hydrogen-bond acceptors (Lipinski definition) is 4. The Hall–Kier alpha value is -2.37. The molecule has 1 unspecified atom stereocenters. The highest BCUT2D eigenvalue weighted by Crippen LogP contribution is 2.27. The second-order valence-electron chi connectivity index (χ2n) is 4.66. The molecule has 20 heavy (non-hydrogen) atoms. The topological polar surface area (TPSA) is 75.7 Å². The molecule has 2 amide bonds. The van der Waals surface area contributed by atoms with Crippen LogP contribution in [0.25, 0.3) is 0 Å². The Labute approximate surface area is 116 Å². The molecule has 1 aromatic rings. The number of esters is 1. The third kappa shape index (κ3) is 2.96. The van der Waals surface area contributed by atoms with E-state index in [0.29, 0.717) is 17.9 Å². The van der Waals surface area contributed by atoms with E-state index in [1.165, 1.54) is 18.9 Å². The van der Waals surface area contributed by atoms with Crippen LogP contribution in [0.3, 0.4) is 0 Å². The molecule has 1 aliphatic rings. The minimum Gasteiger partial charge on any atom is -0.469 e. The molecule has 2 rings (SSSR count). The average Bonchev–Trinajstić information content (AvgIpc) is 2.79. The van der Waals surface area contributed by atoms with Crippen molar-refractivity contribution in [3.8, 4) is 0 Å². The van der Waals surface area contributed by atoms with Crippen molar-refractivity contribution in [1.29, 1.82) is 0 Å². The summed E-state index contributed by atoms with van der Waals surface area (Å²) in [5, 5.41) is 2.66. The number of hydrogen-bond donors (Lipinski definition) is 1. The van der Waals surface area contributed by atoms with Gasteiger partial charge < -0.3 is 15.0 Å². The van der Waals surface area contributed by atoms with Crippen LogP contribution in [0, 0.1) is 5.92 Å². The quantitative estimate of drug-likeness (QED) is 0.841. The molecule has 6 heteroatoms. The van der Waals surface area contributed by atoms with Crippen molar-refractivity contribution in [3.63, 3.8) is 0 Å². The monoisotopic (exact) mass is 276 g/mol. The molecule has 1 heterocycles. The van der Waals surface area contributed by atoms with Crippen LogP contribution in [-0.4, -0.2) is 31.4 Å². The SMILES string of the molecule is COC(=O)C1CC(=O)N(c2cccc(NC(C)=O)c2)C1. The maximum atomic E-state index is 12.0. The molecule has 1 aromatic carbocycles. The third-order valence-corrected chi connectivity index (χ3v) is 3.14.